The zero-order chi connectivity index (χ0) is 16.2. The lowest BCUT2D eigenvalue weighted by molar-refractivity contribution is -0.00867. The molecule has 2 atom stereocenters. The highest BCUT2D eigenvalue weighted by Crippen LogP contribution is 2.24. The maximum Gasteiger partial charge on any atom is 0.410 e. The Bertz CT molecular complexity index is 484. The highest BCUT2D eigenvalue weighted by Gasteiger charge is 2.34. The van der Waals surface area contributed by atoms with Crippen LogP contribution in [0.1, 0.15) is 47.0 Å². The molecule has 2 unspecified atom stereocenters. The maximum atomic E-state index is 12.4. The highest BCUT2D eigenvalue weighted by molar-refractivity contribution is 5.68. The predicted molar refractivity (Wildman–Crippen MR) is 84.9 cm³/mol. The van der Waals surface area contributed by atoms with E-state index >= 15 is 0 Å². The van der Waals surface area contributed by atoms with E-state index in [1.54, 1.807) is 6.20 Å². The molecule has 1 aliphatic heterocycles. The van der Waals surface area contributed by atoms with Crippen molar-refractivity contribution in [1.29, 1.82) is 0 Å². The van der Waals surface area contributed by atoms with Gasteiger partial charge in [0.1, 0.15) is 11.7 Å². The summed E-state index contributed by atoms with van der Waals surface area (Å²) in [6.45, 7) is 8.37. The van der Waals surface area contributed by atoms with E-state index in [4.69, 9.17) is 9.47 Å². The number of hydrogen-bond donors (Lipinski definition) is 0. The van der Waals surface area contributed by atoms with Crippen LogP contribution in [0.25, 0.3) is 0 Å². The van der Waals surface area contributed by atoms with E-state index in [9.17, 15) is 4.79 Å². The predicted octanol–water partition coefficient (Wildman–Crippen LogP) is 3.64. The van der Waals surface area contributed by atoms with E-state index in [2.05, 4.69) is 4.98 Å². The summed E-state index contributed by atoms with van der Waals surface area (Å²) in [4.78, 5) is 18.4. The molecule has 1 saturated heterocycles. The van der Waals surface area contributed by atoms with Gasteiger partial charge in [0.25, 0.3) is 0 Å². The summed E-state index contributed by atoms with van der Waals surface area (Å²) < 4.78 is 11.4. The number of carbonyl (C=O) groups is 1. The van der Waals surface area contributed by atoms with Crippen LogP contribution < -0.4 is 4.74 Å². The molecule has 1 aromatic heterocycles. The Morgan fingerprint density at radius 2 is 2.14 bits per heavy atom. The Labute approximate surface area is 132 Å². The van der Waals surface area contributed by atoms with Gasteiger partial charge in [0, 0.05) is 18.8 Å². The van der Waals surface area contributed by atoms with Crippen molar-refractivity contribution in [3.05, 3.63) is 24.4 Å². The first-order chi connectivity index (χ1) is 10.4. The summed E-state index contributed by atoms with van der Waals surface area (Å²) in [5.41, 5.74) is -0.482. The molecule has 0 saturated carbocycles. The number of rotatable bonds is 3. The van der Waals surface area contributed by atoms with Crippen molar-refractivity contribution in [1.82, 2.24) is 9.88 Å². The average Bonchev–Trinajstić information content (AvgIpc) is 2.46. The molecule has 2 rings (SSSR count). The zero-order valence-electron chi connectivity index (χ0n) is 13.9. The Hall–Kier alpha value is -1.78. The summed E-state index contributed by atoms with van der Waals surface area (Å²) in [6.07, 6.45) is 4.35. The second-order valence-electron chi connectivity index (χ2n) is 6.73. The van der Waals surface area contributed by atoms with Crippen molar-refractivity contribution in [2.45, 2.75) is 64.7 Å². The molecule has 0 aromatic carbocycles. The molecule has 5 nitrogen and oxygen atoms in total. The molecule has 1 fully saturated rings. The van der Waals surface area contributed by atoms with E-state index in [0.717, 1.165) is 25.8 Å². The van der Waals surface area contributed by atoms with Gasteiger partial charge in [-0.15, -0.1) is 0 Å². The molecule has 0 bridgehead atoms. The summed E-state index contributed by atoms with van der Waals surface area (Å²) in [5, 5.41) is 0. The fraction of sp³-hybridized carbons (Fsp3) is 0.647. The van der Waals surface area contributed by atoms with Crippen molar-refractivity contribution in [2.24, 2.45) is 0 Å². The molecule has 5 heteroatoms. The lowest BCUT2D eigenvalue weighted by atomic mass is 9.98. The van der Waals surface area contributed by atoms with Crippen LogP contribution in [0.5, 0.6) is 5.88 Å². The Balaban J connectivity index is 2.04. The maximum absolute atomic E-state index is 12.4. The van der Waals surface area contributed by atoms with Crippen molar-refractivity contribution >= 4 is 6.09 Å². The van der Waals surface area contributed by atoms with Gasteiger partial charge < -0.3 is 14.4 Å². The van der Waals surface area contributed by atoms with Gasteiger partial charge in [-0.25, -0.2) is 9.78 Å². The van der Waals surface area contributed by atoms with Gasteiger partial charge in [-0.1, -0.05) is 6.07 Å². The van der Waals surface area contributed by atoms with Crippen molar-refractivity contribution in [3.63, 3.8) is 0 Å². The minimum Gasteiger partial charge on any atom is -0.472 e. The normalized spacial score (nSPS) is 20.4. The van der Waals surface area contributed by atoms with Gasteiger partial charge in [-0.3, -0.25) is 0 Å². The average molecular weight is 306 g/mol. The quantitative estimate of drug-likeness (QED) is 0.855. The second-order valence-corrected chi connectivity index (χ2v) is 6.73. The molecule has 0 N–H and O–H groups in total. The summed E-state index contributed by atoms with van der Waals surface area (Å²) in [7, 11) is 0. The van der Waals surface area contributed by atoms with Gasteiger partial charge in [0.15, 0.2) is 0 Å². The molecule has 1 aliphatic rings. The third-order valence-electron chi connectivity index (χ3n) is 3.66. The Kier molecular flexibility index (Phi) is 5.27. The molecule has 0 aliphatic carbocycles. The lowest BCUT2D eigenvalue weighted by Gasteiger charge is -2.39. The van der Waals surface area contributed by atoms with E-state index < -0.39 is 5.60 Å². The largest absolute Gasteiger partial charge is 0.472 e. The molecular formula is C17H26N2O3. The molecule has 22 heavy (non-hydrogen) atoms. The van der Waals surface area contributed by atoms with Crippen LogP contribution in [-0.2, 0) is 4.74 Å². The first-order valence-corrected chi connectivity index (χ1v) is 7.94. The number of ether oxygens (including phenoxy) is 2. The third-order valence-corrected chi connectivity index (χ3v) is 3.66. The van der Waals surface area contributed by atoms with Crippen LogP contribution in [0, 0.1) is 0 Å². The number of likely N-dealkylation sites (tertiary alicyclic amines) is 1. The number of aromatic nitrogens is 1. The van der Waals surface area contributed by atoms with E-state index in [0.29, 0.717) is 5.88 Å². The molecule has 2 heterocycles. The van der Waals surface area contributed by atoms with Gasteiger partial charge in [0.2, 0.25) is 5.88 Å². The van der Waals surface area contributed by atoms with Gasteiger partial charge >= 0.3 is 6.09 Å². The zero-order valence-corrected chi connectivity index (χ0v) is 13.9. The fourth-order valence-electron chi connectivity index (χ4n) is 2.68. The van der Waals surface area contributed by atoms with Gasteiger partial charge in [-0.05, 0) is 53.0 Å². The smallest absolute Gasteiger partial charge is 0.410 e. The van der Waals surface area contributed by atoms with E-state index in [-0.39, 0.29) is 18.2 Å². The monoisotopic (exact) mass is 306 g/mol. The number of amides is 1. The Morgan fingerprint density at radius 1 is 1.36 bits per heavy atom. The molecular weight excluding hydrogens is 280 g/mol. The van der Waals surface area contributed by atoms with Gasteiger partial charge in [-0.2, -0.15) is 0 Å². The van der Waals surface area contributed by atoms with Crippen LogP contribution in [0.3, 0.4) is 0 Å². The standard InChI is InChI=1S/C17H26N2O3/c1-13(21-15-10-5-7-11-18-15)14-9-6-8-12-19(14)16(20)22-17(2,3)4/h5,7,10-11,13-14H,6,8-9,12H2,1-4H3. The van der Waals surface area contributed by atoms with E-state index in [1.807, 2.05) is 50.8 Å². The first-order valence-electron chi connectivity index (χ1n) is 7.94. The topological polar surface area (TPSA) is 51.7 Å². The number of hydrogen-bond acceptors (Lipinski definition) is 4. The summed E-state index contributed by atoms with van der Waals surface area (Å²) >= 11 is 0. The van der Waals surface area contributed by atoms with Crippen molar-refractivity contribution < 1.29 is 14.3 Å². The fourth-order valence-corrected chi connectivity index (χ4v) is 2.68. The number of carbonyl (C=O) groups excluding carboxylic acids is 1. The SMILES string of the molecule is CC(Oc1ccccn1)C1CCCCN1C(=O)OC(C)(C)C. The summed E-state index contributed by atoms with van der Waals surface area (Å²) in [6, 6.07) is 5.59. The van der Waals surface area contributed by atoms with Gasteiger partial charge in [0.05, 0.1) is 6.04 Å². The number of pyridine rings is 1. The lowest BCUT2D eigenvalue weighted by Crippen LogP contribution is -2.52. The van der Waals surface area contributed by atoms with Crippen LogP contribution in [0.2, 0.25) is 0 Å². The van der Waals surface area contributed by atoms with Crippen LogP contribution in [0.15, 0.2) is 24.4 Å². The Morgan fingerprint density at radius 3 is 2.77 bits per heavy atom. The molecule has 0 radical (unpaired) electrons. The molecule has 1 aromatic rings. The molecule has 122 valence electrons. The van der Waals surface area contributed by atoms with Crippen LogP contribution in [-0.4, -0.2) is 40.3 Å². The molecule has 1 amide bonds. The molecule has 0 spiro atoms. The minimum atomic E-state index is -0.482. The van der Waals surface area contributed by atoms with Crippen LogP contribution in [0.4, 0.5) is 4.79 Å². The minimum absolute atomic E-state index is 0.0191. The van der Waals surface area contributed by atoms with E-state index in [1.165, 1.54) is 0 Å². The van der Waals surface area contributed by atoms with Crippen LogP contribution >= 0.6 is 0 Å². The van der Waals surface area contributed by atoms with Crippen molar-refractivity contribution in [2.75, 3.05) is 6.54 Å². The first kappa shape index (κ1) is 16.6. The summed E-state index contributed by atoms with van der Waals surface area (Å²) in [5.74, 6) is 0.588. The van der Waals surface area contributed by atoms with Crippen molar-refractivity contribution in [3.8, 4) is 5.88 Å². The highest BCUT2D eigenvalue weighted by atomic mass is 16.6. The number of nitrogens with zero attached hydrogens (tertiary/aromatic N) is 2. The second kappa shape index (κ2) is 6.99. The third kappa shape index (κ3) is 4.61. The number of piperidine rings is 1.